The highest BCUT2D eigenvalue weighted by molar-refractivity contribution is 5.88. The molecular formula is C13H20N2. The largest absolute Gasteiger partial charge is 0.388 e. The van der Waals surface area contributed by atoms with Crippen LogP contribution in [0.4, 0.5) is 5.69 Å². The minimum atomic E-state index is 0.183. The molecule has 0 radical (unpaired) electrons. The monoisotopic (exact) mass is 204 g/mol. The Morgan fingerprint density at radius 2 is 1.93 bits per heavy atom. The molecule has 0 aliphatic heterocycles. The van der Waals surface area contributed by atoms with E-state index in [-0.39, 0.29) is 5.41 Å². The Balaban J connectivity index is 3.22. The lowest BCUT2D eigenvalue weighted by molar-refractivity contribution is 0.590. The van der Waals surface area contributed by atoms with Gasteiger partial charge in [0.2, 0.25) is 0 Å². The zero-order valence-electron chi connectivity index (χ0n) is 10.3. The predicted octanol–water partition coefficient (Wildman–Crippen LogP) is 3.07. The van der Waals surface area contributed by atoms with E-state index in [4.69, 9.17) is 0 Å². The topological polar surface area (TPSA) is 24.4 Å². The van der Waals surface area contributed by atoms with E-state index in [9.17, 15) is 0 Å². The van der Waals surface area contributed by atoms with Gasteiger partial charge in [0.15, 0.2) is 0 Å². The van der Waals surface area contributed by atoms with Crippen molar-refractivity contribution in [3.63, 3.8) is 0 Å². The van der Waals surface area contributed by atoms with Gasteiger partial charge in [-0.3, -0.25) is 4.99 Å². The predicted molar refractivity (Wildman–Crippen MR) is 68.2 cm³/mol. The maximum absolute atomic E-state index is 4.07. The number of nitrogens with one attached hydrogen (secondary N) is 1. The number of anilines is 1. The van der Waals surface area contributed by atoms with Gasteiger partial charge in [-0.2, -0.15) is 0 Å². The molecule has 0 aromatic heterocycles. The number of aliphatic imine (C=N–C) groups is 1. The van der Waals surface area contributed by atoms with Crippen LogP contribution >= 0.6 is 0 Å². The highest BCUT2D eigenvalue weighted by Crippen LogP contribution is 2.25. The second-order valence-electron chi connectivity index (χ2n) is 4.69. The van der Waals surface area contributed by atoms with Crippen LogP contribution in [0.15, 0.2) is 23.2 Å². The van der Waals surface area contributed by atoms with Crippen LogP contribution in [0.25, 0.3) is 0 Å². The lowest BCUT2D eigenvalue weighted by Crippen LogP contribution is -2.12. The Bertz CT molecular complexity index is 359. The molecular weight excluding hydrogens is 184 g/mol. The van der Waals surface area contributed by atoms with Gasteiger partial charge in [-0.15, -0.1) is 0 Å². The van der Waals surface area contributed by atoms with Crippen molar-refractivity contribution >= 4 is 11.9 Å². The fourth-order valence-electron chi connectivity index (χ4n) is 1.50. The van der Waals surface area contributed by atoms with Gasteiger partial charge in [-0.1, -0.05) is 26.8 Å². The number of hydrogen-bond acceptors (Lipinski definition) is 2. The van der Waals surface area contributed by atoms with Gasteiger partial charge in [-0.05, 0) is 23.1 Å². The Hall–Kier alpha value is -1.31. The first-order chi connectivity index (χ1) is 6.99. The molecule has 15 heavy (non-hydrogen) atoms. The lowest BCUT2D eigenvalue weighted by Gasteiger charge is -2.20. The maximum atomic E-state index is 4.07. The van der Waals surface area contributed by atoms with E-state index >= 15 is 0 Å². The second-order valence-corrected chi connectivity index (χ2v) is 4.69. The third-order valence-electron chi connectivity index (χ3n) is 2.46. The zero-order valence-corrected chi connectivity index (χ0v) is 10.3. The van der Waals surface area contributed by atoms with Crippen LogP contribution in [-0.2, 0) is 5.41 Å². The molecule has 2 heteroatoms. The molecule has 82 valence electrons. The molecule has 0 unspecified atom stereocenters. The molecule has 1 N–H and O–H groups in total. The van der Waals surface area contributed by atoms with E-state index < -0.39 is 0 Å². The number of nitrogens with zero attached hydrogens (tertiary/aromatic N) is 1. The molecule has 0 bridgehead atoms. The fourth-order valence-corrected chi connectivity index (χ4v) is 1.50. The van der Waals surface area contributed by atoms with Crippen LogP contribution in [0.3, 0.4) is 0 Å². The molecule has 2 nitrogen and oxygen atoms in total. The summed E-state index contributed by atoms with van der Waals surface area (Å²) in [6.07, 6.45) is 1.89. The van der Waals surface area contributed by atoms with Gasteiger partial charge in [-0.25, -0.2) is 0 Å². The quantitative estimate of drug-likeness (QED) is 0.736. The summed E-state index contributed by atoms with van der Waals surface area (Å²) < 4.78 is 0. The van der Waals surface area contributed by atoms with Crippen LogP contribution in [0, 0.1) is 0 Å². The van der Waals surface area contributed by atoms with Gasteiger partial charge in [0.1, 0.15) is 0 Å². The average Bonchev–Trinajstić information content (AvgIpc) is 2.17. The Morgan fingerprint density at radius 1 is 1.27 bits per heavy atom. The van der Waals surface area contributed by atoms with Gasteiger partial charge in [0.25, 0.3) is 0 Å². The standard InChI is InChI=1S/C13H20N2/c1-13(2,3)11-6-7-12(15-5)10(8-11)9-14-4/h6-9,15H,1-5H3/b14-9-. The summed E-state index contributed by atoms with van der Waals surface area (Å²) in [6, 6.07) is 6.47. The van der Waals surface area contributed by atoms with Crippen molar-refractivity contribution in [1.82, 2.24) is 0 Å². The molecule has 1 aromatic rings. The zero-order chi connectivity index (χ0) is 11.5. The van der Waals surface area contributed by atoms with Gasteiger partial charge in [0, 0.05) is 31.6 Å². The van der Waals surface area contributed by atoms with E-state index in [1.165, 1.54) is 5.56 Å². The second kappa shape index (κ2) is 4.47. The normalized spacial score (nSPS) is 12.1. The van der Waals surface area contributed by atoms with Crippen molar-refractivity contribution in [2.24, 2.45) is 4.99 Å². The van der Waals surface area contributed by atoms with Crippen molar-refractivity contribution in [3.05, 3.63) is 29.3 Å². The van der Waals surface area contributed by atoms with Crippen LogP contribution in [0.5, 0.6) is 0 Å². The first-order valence-electron chi connectivity index (χ1n) is 5.23. The SMILES string of the molecule is C/N=C\c1cc(C(C)(C)C)ccc1NC. The van der Waals surface area contributed by atoms with Crippen molar-refractivity contribution < 1.29 is 0 Å². The Labute approximate surface area is 92.4 Å². The van der Waals surface area contributed by atoms with E-state index in [0.717, 1.165) is 11.3 Å². The molecule has 0 aliphatic rings. The van der Waals surface area contributed by atoms with Gasteiger partial charge >= 0.3 is 0 Å². The van der Waals surface area contributed by atoms with Crippen LogP contribution in [0.2, 0.25) is 0 Å². The van der Waals surface area contributed by atoms with E-state index in [1.54, 1.807) is 7.05 Å². The van der Waals surface area contributed by atoms with Crippen molar-refractivity contribution in [1.29, 1.82) is 0 Å². The molecule has 1 rings (SSSR count). The van der Waals surface area contributed by atoms with E-state index in [0.29, 0.717) is 0 Å². The first-order valence-corrected chi connectivity index (χ1v) is 5.23. The van der Waals surface area contributed by atoms with Crippen LogP contribution in [-0.4, -0.2) is 20.3 Å². The van der Waals surface area contributed by atoms with Crippen molar-refractivity contribution in [2.45, 2.75) is 26.2 Å². The molecule has 0 spiro atoms. The van der Waals surface area contributed by atoms with Crippen molar-refractivity contribution in [3.8, 4) is 0 Å². The number of rotatable bonds is 2. The van der Waals surface area contributed by atoms with Gasteiger partial charge in [0.05, 0.1) is 0 Å². The minimum Gasteiger partial charge on any atom is -0.388 e. The molecule has 0 saturated carbocycles. The highest BCUT2D eigenvalue weighted by atomic mass is 14.8. The molecule has 1 aromatic carbocycles. The first kappa shape index (κ1) is 11.8. The Morgan fingerprint density at radius 3 is 2.40 bits per heavy atom. The summed E-state index contributed by atoms with van der Waals surface area (Å²) in [5.74, 6) is 0. The van der Waals surface area contributed by atoms with Crippen molar-refractivity contribution in [2.75, 3.05) is 19.4 Å². The van der Waals surface area contributed by atoms with E-state index in [1.807, 2.05) is 13.3 Å². The lowest BCUT2D eigenvalue weighted by atomic mass is 9.86. The third kappa shape index (κ3) is 2.82. The smallest absolute Gasteiger partial charge is 0.0426 e. The molecule has 0 fully saturated rings. The summed E-state index contributed by atoms with van der Waals surface area (Å²) in [4.78, 5) is 4.07. The van der Waals surface area contributed by atoms with Gasteiger partial charge < -0.3 is 5.32 Å². The number of benzene rings is 1. The fraction of sp³-hybridized carbons (Fsp3) is 0.462. The molecule has 0 aliphatic carbocycles. The summed E-state index contributed by atoms with van der Waals surface area (Å²) in [5, 5.41) is 3.17. The molecule has 0 saturated heterocycles. The Kier molecular flexibility index (Phi) is 3.51. The molecule has 0 heterocycles. The summed E-state index contributed by atoms with van der Waals surface area (Å²) in [5.41, 5.74) is 3.78. The molecule has 0 atom stereocenters. The highest BCUT2D eigenvalue weighted by Gasteiger charge is 2.14. The van der Waals surface area contributed by atoms with Crippen LogP contribution < -0.4 is 5.32 Å². The summed E-state index contributed by atoms with van der Waals surface area (Å²) in [7, 11) is 3.72. The summed E-state index contributed by atoms with van der Waals surface area (Å²) in [6.45, 7) is 6.65. The number of hydrogen-bond donors (Lipinski definition) is 1. The molecule has 0 amide bonds. The third-order valence-corrected chi connectivity index (χ3v) is 2.46. The maximum Gasteiger partial charge on any atom is 0.0426 e. The minimum absolute atomic E-state index is 0.183. The average molecular weight is 204 g/mol. The summed E-state index contributed by atoms with van der Waals surface area (Å²) >= 11 is 0. The van der Waals surface area contributed by atoms with Crippen LogP contribution in [0.1, 0.15) is 31.9 Å². The van der Waals surface area contributed by atoms with E-state index in [2.05, 4.69) is 49.3 Å².